The van der Waals surface area contributed by atoms with E-state index in [0.717, 1.165) is 16.2 Å². The third-order valence-corrected chi connectivity index (χ3v) is 5.73. The summed E-state index contributed by atoms with van der Waals surface area (Å²) < 4.78 is 5.26. The highest BCUT2D eigenvalue weighted by Crippen LogP contribution is 2.26. The fourth-order valence-electron chi connectivity index (χ4n) is 3.27. The number of carbonyl (C=O) groups excluding carboxylic acids is 4. The summed E-state index contributed by atoms with van der Waals surface area (Å²) in [6.45, 7) is 5.05. The van der Waals surface area contributed by atoms with Crippen LogP contribution in [0.2, 0.25) is 0 Å². The fraction of sp³-hybridized carbons (Fsp3) is 0.125. The Morgan fingerprint density at radius 3 is 2.61 bits per heavy atom. The number of fused-ring (bicyclic) bond motifs is 1. The van der Waals surface area contributed by atoms with Crippen molar-refractivity contribution in [1.29, 1.82) is 0 Å². The van der Waals surface area contributed by atoms with Crippen molar-refractivity contribution in [2.24, 2.45) is 0 Å². The van der Waals surface area contributed by atoms with Gasteiger partial charge in [0.2, 0.25) is 0 Å². The van der Waals surface area contributed by atoms with E-state index >= 15 is 0 Å². The predicted molar refractivity (Wildman–Crippen MR) is 123 cm³/mol. The number of nitrogens with one attached hydrogen (secondary N) is 1. The van der Waals surface area contributed by atoms with Gasteiger partial charge in [-0.15, -0.1) is 17.9 Å². The monoisotopic (exact) mass is 461 g/mol. The lowest BCUT2D eigenvalue weighted by atomic mass is 10.1. The molecule has 33 heavy (non-hydrogen) atoms. The Morgan fingerprint density at radius 1 is 1.15 bits per heavy atom. The van der Waals surface area contributed by atoms with Crippen LogP contribution in [0.3, 0.4) is 0 Å². The van der Waals surface area contributed by atoms with Gasteiger partial charge in [-0.2, -0.15) is 0 Å². The van der Waals surface area contributed by atoms with Gasteiger partial charge in [-0.3, -0.25) is 24.6 Å². The zero-order valence-corrected chi connectivity index (χ0v) is 18.4. The number of ether oxygens (including phenoxy) is 1. The van der Waals surface area contributed by atoms with Crippen LogP contribution >= 0.6 is 11.3 Å². The van der Waals surface area contributed by atoms with E-state index in [1.807, 2.05) is 35.7 Å². The van der Waals surface area contributed by atoms with Gasteiger partial charge in [-0.05, 0) is 25.1 Å². The highest BCUT2D eigenvalue weighted by atomic mass is 32.1. The summed E-state index contributed by atoms with van der Waals surface area (Å²) in [5.41, 5.74) is 2.04. The number of hydrogen-bond donors (Lipinski definition) is 1. The summed E-state index contributed by atoms with van der Waals surface area (Å²) >= 11 is 1.26. The Labute approximate surface area is 193 Å². The molecule has 0 aliphatic carbocycles. The number of nitrogens with zero attached hydrogens (tertiary/aromatic N) is 2. The number of esters is 1. The molecule has 0 spiro atoms. The van der Waals surface area contributed by atoms with Crippen molar-refractivity contribution in [1.82, 2.24) is 9.88 Å². The number of rotatable bonds is 7. The molecule has 2 heterocycles. The summed E-state index contributed by atoms with van der Waals surface area (Å²) in [5.74, 6) is -2.27. The zero-order chi connectivity index (χ0) is 23.5. The number of anilines is 1. The lowest BCUT2D eigenvalue weighted by Gasteiger charge is -2.12. The van der Waals surface area contributed by atoms with Gasteiger partial charge >= 0.3 is 5.97 Å². The van der Waals surface area contributed by atoms with E-state index in [9.17, 15) is 19.2 Å². The van der Waals surface area contributed by atoms with Gasteiger partial charge in [0, 0.05) is 17.5 Å². The Kier molecular flexibility index (Phi) is 6.14. The second-order valence-corrected chi connectivity index (χ2v) is 8.07. The quantitative estimate of drug-likeness (QED) is 0.326. The lowest BCUT2D eigenvalue weighted by molar-refractivity contribution is -0.123. The van der Waals surface area contributed by atoms with Gasteiger partial charge in [-0.1, -0.05) is 36.4 Å². The first-order valence-electron chi connectivity index (χ1n) is 10.0. The molecule has 2 aromatic carbocycles. The average molecular weight is 461 g/mol. The van der Waals surface area contributed by atoms with Crippen molar-refractivity contribution in [3.63, 3.8) is 0 Å². The number of imide groups is 1. The molecule has 1 aliphatic rings. The molecule has 3 aromatic rings. The van der Waals surface area contributed by atoms with E-state index in [2.05, 4.69) is 16.9 Å². The topological polar surface area (TPSA) is 106 Å². The highest BCUT2D eigenvalue weighted by molar-refractivity contribution is 7.14. The first-order valence-corrected chi connectivity index (χ1v) is 10.9. The number of carbonyl (C=O) groups is 4. The molecule has 0 saturated carbocycles. The Morgan fingerprint density at radius 2 is 1.88 bits per heavy atom. The van der Waals surface area contributed by atoms with Gasteiger partial charge in [0.15, 0.2) is 11.2 Å². The molecule has 9 heteroatoms. The second-order valence-electron chi connectivity index (χ2n) is 7.21. The standard InChI is InChI=1S/C24H19N3O5S/c1-3-11-27-21(29)17-10-9-16(12-18(17)22(27)30)23(31)32-14(2)20(28)26-24-25-19(13-33-24)15-7-5-4-6-8-15/h3-10,12-14H,1,11H2,2H3,(H,25,26,28). The molecule has 0 saturated heterocycles. The van der Waals surface area contributed by atoms with Crippen LogP contribution in [0, 0.1) is 0 Å². The van der Waals surface area contributed by atoms with Gasteiger partial charge in [-0.25, -0.2) is 9.78 Å². The summed E-state index contributed by atoms with van der Waals surface area (Å²) in [6.07, 6.45) is 0.340. The molecule has 1 aliphatic heterocycles. The number of benzene rings is 2. The number of thiazole rings is 1. The molecule has 3 amide bonds. The van der Waals surface area contributed by atoms with Gasteiger partial charge in [0.25, 0.3) is 17.7 Å². The molecule has 0 fully saturated rings. The van der Waals surface area contributed by atoms with Crippen LogP contribution in [-0.4, -0.2) is 46.2 Å². The van der Waals surface area contributed by atoms with Crippen LogP contribution in [0.15, 0.2) is 66.6 Å². The van der Waals surface area contributed by atoms with Gasteiger partial charge in [0.05, 0.1) is 22.4 Å². The second kappa shape index (κ2) is 9.17. The molecular weight excluding hydrogens is 442 g/mol. The maximum atomic E-state index is 12.6. The minimum absolute atomic E-state index is 0.0654. The fourth-order valence-corrected chi connectivity index (χ4v) is 4.00. The summed E-state index contributed by atoms with van der Waals surface area (Å²) in [4.78, 5) is 55.2. The van der Waals surface area contributed by atoms with Crippen molar-refractivity contribution in [2.45, 2.75) is 13.0 Å². The number of amides is 3. The Bertz CT molecular complexity index is 1270. The SMILES string of the molecule is C=CCN1C(=O)c2ccc(C(=O)OC(C)C(=O)Nc3nc(-c4ccccc4)cs3)cc2C1=O. The van der Waals surface area contributed by atoms with E-state index in [1.165, 1.54) is 42.5 Å². The molecule has 0 radical (unpaired) electrons. The summed E-state index contributed by atoms with van der Waals surface area (Å²) in [5, 5.41) is 4.84. The smallest absolute Gasteiger partial charge is 0.338 e. The van der Waals surface area contributed by atoms with Crippen molar-refractivity contribution in [3.8, 4) is 11.3 Å². The first-order chi connectivity index (χ1) is 15.9. The van der Waals surface area contributed by atoms with Crippen LogP contribution in [0.4, 0.5) is 5.13 Å². The van der Waals surface area contributed by atoms with E-state index in [1.54, 1.807) is 0 Å². The van der Waals surface area contributed by atoms with E-state index in [-0.39, 0.29) is 23.2 Å². The molecule has 0 bridgehead atoms. The maximum Gasteiger partial charge on any atom is 0.338 e. The predicted octanol–water partition coefficient (Wildman–Crippen LogP) is 3.78. The van der Waals surface area contributed by atoms with Crippen LogP contribution in [0.1, 0.15) is 38.0 Å². The molecule has 1 atom stereocenters. The van der Waals surface area contributed by atoms with Gasteiger partial charge < -0.3 is 4.74 Å². The van der Waals surface area contributed by atoms with Crippen LogP contribution in [-0.2, 0) is 9.53 Å². The minimum atomic E-state index is -1.11. The Balaban J connectivity index is 1.41. The number of aromatic nitrogens is 1. The third-order valence-electron chi connectivity index (χ3n) is 4.97. The molecule has 1 N–H and O–H groups in total. The van der Waals surface area contributed by atoms with Crippen molar-refractivity contribution in [2.75, 3.05) is 11.9 Å². The average Bonchev–Trinajstić information content (AvgIpc) is 3.38. The summed E-state index contributed by atoms with van der Waals surface area (Å²) in [7, 11) is 0. The number of hydrogen-bond acceptors (Lipinski definition) is 7. The third kappa shape index (κ3) is 4.44. The molecule has 1 aromatic heterocycles. The summed E-state index contributed by atoms with van der Waals surface area (Å²) in [6, 6.07) is 13.6. The van der Waals surface area contributed by atoms with Crippen LogP contribution < -0.4 is 5.32 Å². The van der Waals surface area contributed by atoms with Crippen molar-refractivity contribution in [3.05, 3.63) is 83.3 Å². The Hall–Kier alpha value is -4.11. The normalized spacial score (nSPS) is 13.4. The van der Waals surface area contributed by atoms with Crippen LogP contribution in [0.25, 0.3) is 11.3 Å². The van der Waals surface area contributed by atoms with Crippen molar-refractivity contribution >= 4 is 40.2 Å². The zero-order valence-electron chi connectivity index (χ0n) is 17.6. The van der Waals surface area contributed by atoms with Crippen LogP contribution in [0.5, 0.6) is 0 Å². The van der Waals surface area contributed by atoms with Crippen molar-refractivity contribution < 1.29 is 23.9 Å². The molecular formula is C24H19N3O5S. The minimum Gasteiger partial charge on any atom is -0.449 e. The molecule has 4 rings (SSSR count). The molecule has 166 valence electrons. The molecule has 8 nitrogen and oxygen atoms in total. The van der Waals surface area contributed by atoms with E-state index in [0.29, 0.717) is 5.13 Å². The first kappa shape index (κ1) is 22.1. The van der Waals surface area contributed by atoms with E-state index < -0.39 is 29.8 Å². The van der Waals surface area contributed by atoms with Gasteiger partial charge in [0.1, 0.15) is 0 Å². The largest absolute Gasteiger partial charge is 0.449 e. The maximum absolute atomic E-state index is 12.6. The molecule has 1 unspecified atom stereocenters. The lowest BCUT2D eigenvalue weighted by Crippen LogP contribution is -2.30. The highest BCUT2D eigenvalue weighted by Gasteiger charge is 2.35. The van der Waals surface area contributed by atoms with E-state index in [4.69, 9.17) is 4.74 Å².